The van der Waals surface area contributed by atoms with E-state index in [9.17, 15) is 17.2 Å². The first-order valence-corrected chi connectivity index (χ1v) is 7.34. The SMILES string of the molecule is Cc1ccccc1[SH](=O)(O)S(=O)(=O)O. The monoisotopic (exact) mass is 238 g/mol. The minimum absolute atomic E-state index is 0.262. The molecule has 14 heavy (non-hydrogen) atoms. The summed E-state index contributed by atoms with van der Waals surface area (Å²) in [6, 6.07) is 5.71. The van der Waals surface area contributed by atoms with E-state index in [0.717, 1.165) is 0 Å². The topological polar surface area (TPSA) is 91.7 Å². The molecule has 0 aliphatic heterocycles. The van der Waals surface area contributed by atoms with Gasteiger partial charge in [-0.1, -0.05) is 27.4 Å². The van der Waals surface area contributed by atoms with Gasteiger partial charge in [0.15, 0.2) is 0 Å². The molecule has 0 amide bonds. The van der Waals surface area contributed by atoms with Crippen LogP contribution in [0.4, 0.5) is 0 Å². The molecule has 0 radical (unpaired) electrons. The summed E-state index contributed by atoms with van der Waals surface area (Å²) < 4.78 is 50.5. The van der Waals surface area contributed by atoms with Crippen LogP contribution in [0.25, 0.3) is 0 Å². The molecule has 80 valence electrons. The summed E-state index contributed by atoms with van der Waals surface area (Å²) in [6.07, 6.45) is 0. The first-order chi connectivity index (χ1) is 6.27. The third-order valence-electron chi connectivity index (χ3n) is 1.73. The number of rotatable bonds is 2. The summed E-state index contributed by atoms with van der Waals surface area (Å²) in [6.45, 7) is 1.49. The van der Waals surface area contributed by atoms with Crippen LogP contribution in [-0.4, -0.2) is 21.7 Å². The second kappa shape index (κ2) is 3.43. The lowest BCUT2D eigenvalue weighted by Gasteiger charge is -2.20. The summed E-state index contributed by atoms with van der Waals surface area (Å²) in [7, 11) is -9.71. The Bertz CT molecular complexity index is 491. The van der Waals surface area contributed by atoms with Crippen LogP contribution in [-0.2, 0) is 18.4 Å². The van der Waals surface area contributed by atoms with Crippen molar-refractivity contribution in [3.05, 3.63) is 29.8 Å². The van der Waals surface area contributed by atoms with Crippen LogP contribution in [0.15, 0.2) is 29.2 Å². The third-order valence-corrected chi connectivity index (χ3v) is 5.94. The molecule has 1 rings (SSSR count). The van der Waals surface area contributed by atoms with Crippen LogP contribution in [0.3, 0.4) is 0 Å². The van der Waals surface area contributed by atoms with E-state index < -0.39 is 18.4 Å². The van der Waals surface area contributed by atoms with Gasteiger partial charge in [-0.3, -0.25) is 9.11 Å². The van der Waals surface area contributed by atoms with Crippen LogP contribution in [0.2, 0.25) is 0 Å². The summed E-state index contributed by atoms with van der Waals surface area (Å²) in [5, 5.41) is 0. The zero-order valence-electron chi connectivity index (χ0n) is 7.28. The van der Waals surface area contributed by atoms with Gasteiger partial charge in [0.05, 0.1) is 4.90 Å². The standard InChI is InChI=1S/C7H10O5S2/c1-6-4-2-3-5-7(6)13(8,9)14(10,11)12/h2-5,13H,1H3,(H,8,9)(H,10,11,12). The van der Waals surface area contributed by atoms with Crippen molar-refractivity contribution in [1.82, 2.24) is 0 Å². The van der Waals surface area contributed by atoms with Gasteiger partial charge in [0.25, 0.3) is 0 Å². The van der Waals surface area contributed by atoms with Gasteiger partial charge in [-0.15, -0.1) is 0 Å². The van der Waals surface area contributed by atoms with Gasteiger partial charge in [-0.2, -0.15) is 12.6 Å². The van der Waals surface area contributed by atoms with E-state index in [2.05, 4.69) is 0 Å². The zero-order valence-corrected chi connectivity index (χ0v) is 8.99. The van der Waals surface area contributed by atoms with E-state index in [1.54, 1.807) is 6.07 Å². The van der Waals surface area contributed by atoms with Crippen molar-refractivity contribution in [3.8, 4) is 0 Å². The molecule has 0 fully saturated rings. The van der Waals surface area contributed by atoms with Gasteiger partial charge >= 0.3 is 9.15 Å². The smallest absolute Gasteiger partial charge is 0.287 e. The van der Waals surface area contributed by atoms with Crippen molar-refractivity contribution in [2.24, 2.45) is 0 Å². The maximum atomic E-state index is 11.4. The highest BCUT2D eigenvalue weighted by atomic mass is 33.2. The Morgan fingerprint density at radius 3 is 2.21 bits per heavy atom. The highest BCUT2D eigenvalue weighted by Crippen LogP contribution is 2.24. The summed E-state index contributed by atoms with van der Waals surface area (Å²) in [5.74, 6) is 0. The highest BCUT2D eigenvalue weighted by Gasteiger charge is 2.24. The second-order valence-electron chi connectivity index (χ2n) is 2.75. The number of aryl methyl sites for hydroxylation is 1. The average molecular weight is 238 g/mol. The quantitative estimate of drug-likeness (QED) is 0.399. The number of thiol groups is 1. The predicted molar refractivity (Wildman–Crippen MR) is 53.2 cm³/mol. The minimum atomic E-state index is -4.97. The van der Waals surface area contributed by atoms with E-state index in [0.29, 0.717) is 5.56 Å². The summed E-state index contributed by atoms with van der Waals surface area (Å²) >= 11 is 0. The molecule has 0 saturated carbocycles. The van der Waals surface area contributed by atoms with Crippen molar-refractivity contribution >= 4 is 18.4 Å². The molecule has 0 aromatic heterocycles. The van der Waals surface area contributed by atoms with E-state index >= 15 is 0 Å². The Labute approximate surface area is 82.2 Å². The Morgan fingerprint density at radius 2 is 1.79 bits per heavy atom. The molecule has 0 aliphatic carbocycles. The fourth-order valence-electron chi connectivity index (χ4n) is 1.00. The molecular weight excluding hydrogens is 228 g/mol. The van der Waals surface area contributed by atoms with E-state index in [-0.39, 0.29) is 4.90 Å². The van der Waals surface area contributed by atoms with E-state index in [4.69, 9.17) is 4.55 Å². The van der Waals surface area contributed by atoms with Gasteiger partial charge in [0.2, 0.25) is 0 Å². The molecule has 0 heterocycles. The van der Waals surface area contributed by atoms with Gasteiger partial charge in [-0.05, 0) is 18.6 Å². The van der Waals surface area contributed by atoms with Gasteiger partial charge in [-0.25, -0.2) is 0 Å². The molecule has 0 aliphatic rings. The van der Waals surface area contributed by atoms with E-state index in [1.165, 1.54) is 25.1 Å². The largest absolute Gasteiger partial charge is 0.368 e. The highest BCUT2D eigenvalue weighted by molar-refractivity contribution is 8.68. The fourth-order valence-corrected chi connectivity index (χ4v) is 3.41. The molecule has 1 aromatic carbocycles. The maximum absolute atomic E-state index is 11.4. The summed E-state index contributed by atoms with van der Waals surface area (Å²) in [4.78, 5) is -0.262. The molecule has 2 N–H and O–H groups in total. The van der Waals surface area contributed by atoms with Crippen molar-refractivity contribution < 1.29 is 21.7 Å². The Balaban J connectivity index is 3.47. The number of hydrogen-bond acceptors (Lipinski definition) is 3. The molecule has 0 spiro atoms. The second-order valence-corrected chi connectivity index (χ2v) is 8.04. The lowest BCUT2D eigenvalue weighted by Crippen LogP contribution is -2.23. The molecule has 0 unspecified atom stereocenters. The molecule has 1 aromatic rings. The molecule has 0 atom stereocenters. The van der Waals surface area contributed by atoms with Crippen molar-refractivity contribution in [2.75, 3.05) is 0 Å². The normalized spacial score (nSPS) is 13.9. The summed E-state index contributed by atoms with van der Waals surface area (Å²) in [5.41, 5.74) is 0.343. The lowest BCUT2D eigenvalue weighted by atomic mass is 10.2. The van der Waals surface area contributed by atoms with Crippen LogP contribution < -0.4 is 0 Å². The lowest BCUT2D eigenvalue weighted by molar-refractivity contribution is 0.481. The minimum Gasteiger partial charge on any atom is -0.287 e. The van der Waals surface area contributed by atoms with Crippen LogP contribution in [0.1, 0.15) is 5.56 Å². The van der Waals surface area contributed by atoms with Gasteiger partial charge in [0.1, 0.15) is 0 Å². The number of hydrogen-bond donors (Lipinski definition) is 3. The molecule has 0 bridgehead atoms. The van der Waals surface area contributed by atoms with E-state index in [1.807, 2.05) is 0 Å². The third kappa shape index (κ3) is 1.85. The molecule has 7 heteroatoms. The van der Waals surface area contributed by atoms with Crippen LogP contribution in [0, 0.1) is 6.92 Å². The van der Waals surface area contributed by atoms with Crippen molar-refractivity contribution in [2.45, 2.75) is 11.8 Å². The van der Waals surface area contributed by atoms with Gasteiger partial charge in [0, 0.05) is 0 Å². The Morgan fingerprint density at radius 1 is 1.29 bits per heavy atom. The molecule has 5 nitrogen and oxygen atoms in total. The predicted octanol–water partition coefficient (Wildman–Crippen LogP) is 0.646. The molecular formula is C7H10O5S2. The average Bonchev–Trinajstić information content (AvgIpc) is 2.02. The van der Waals surface area contributed by atoms with Crippen LogP contribution in [0.5, 0.6) is 0 Å². The fraction of sp³-hybridized carbons (Fsp3) is 0.143. The Hall–Kier alpha value is -0.760. The Kier molecular flexibility index (Phi) is 2.77. The molecule has 0 saturated heterocycles. The van der Waals surface area contributed by atoms with Crippen LogP contribution >= 0.6 is 0 Å². The number of benzene rings is 1. The zero-order chi connectivity index (χ0) is 11.0. The van der Waals surface area contributed by atoms with Gasteiger partial charge < -0.3 is 0 Å². The van der Waals surface area contributed by atoms with Crippen molar-refractivity contribution in [3.63, 3.8) is 0 Å². The maximum Gasteiger partial charge on any atom is 0.368 e. The first-order valence-electron chi connectivity index (χ1n) is 3.63. The van der Waals surface area contributed by atoms with Crippen molar-refractivity contribution in [1.29, 1.82) is 0 Å². The first kappa shape index (κ1) is 11.3.